The summed E-state index contributed by atoms with van der Waals surface area (Å²) in [7, 11) is -5.71. The standard InChI is InChI=1S/C27H32N2O10S2/c1-4-19(15-26-28(11-5-13-40(30,31)32)22-17-20(36-2)7-9-24(22)38-26)16-27-29(12-6-14-41(33,34)35)23-18-21(37-3)8-10-25(23)39-27/h7-10,15-18H,4-6,11-14H2,1-3H3,(H-,30,31,32,33,34,35)/p-1. The van der Waals surface area contributed by atoms with E-state index in [1.807, 2.05) is 6.92 Å². The maximum Gasteiger partial charge on any atom is 0.374 e. The molecule has 0 spiro atoms. The average molecular weight is 608 g/mol. The summed E-state index contributed by atoms with van der Waals surface area (Å²) < 4.78 is 91.9. The molecule has 12 nitrogen and oxygen atoms in total. The van der Waals surface area contributed by atoms with E-state index in [-0.39, 0.29) is 25.9 Å². The summed E-state index contributed by atoms with van der Waals surface area (Å²) in [5, 5.41) is 0. The fourth-order valence-electron chi connectivity index (χ4n) is 4.45. The Balaban J connectivity index is 1.73. The van der Waals surface area contributed by atoms with Gasteiger partial charge in [0.2, 0.25) is 11.5 Å². The normalized spacial score (nSPS) is 14.9. The van der Waals surface area contributed by atoms with Gasteiger partial charge in [-0.1, -0.05) is 6.92 Å². The van der Waals surface area contributed by atoms with Crippen molar-refractivity contribution in [3.8, 4) is 17.2 Å². The molecule has 2 aromatic carbocycles. The predicted octanol–water partition coefficient (Wildman–Crippen LogP) is 3.14. The molecule has 0 atom stereocenters. The summed E-state index contributed by atoms with van der Waals surface area (Å²) >= 11 is 0. The molecule has 0 bridgehead atoms. The molecule has 0 fully saturated rings. The van der Waals surface area contributed by atoms with E-state index in [2.05, 4.69) is 0 Å². The molecule has 0 aliphatic carbocycles. The number of benzene rings is 2. The van der Waals surface area contributed by atoms with Crippen LogP contribution in [-0.2, 0) is 26.8 Å². The van der Waals surface area contributed by atoms with Gasteiger partial charge in [-0.2, -0.15) is 4.57 Å². The van der Waals surface area contributed by atoms with E-state index in [9.17, 15) is 25.9 Å². The first-order chi connectivity index (χ1) is 19.4. The van der Waals surface area contributed by atoms with Crippen molar-refractivity contribution in [3.63, 3.8) is 0 Å². The van der Waals surface area contributed by atoms with Crippen LogP contribution in [-0.4, -0.2) is 58.2 Å². The van der Waals surface area contributed by atoms with Gasteiger partial charge >= 0.3 is 5.89 Å². The van der Waals surface area contributed by atoms with Crippen LogP contribution in [0.3, 0.4) is 0 Å². The smallest absolute Gasteiger partial charge is 0.374 e. The Labute approximate surface area is 238 Å². The van der Waals surface area contributed by atoms with Gasteiger partial charge in [0, 0.05) is 36.6 Å². The highest BCUT2D eigenvalue weighted by Crippen LogP contribution is 2.42. The number of oxazole rings is 1. The van der Waals surface area contributed by atoms with Crippen molar-refractivity contribution in [1.82, 2.24) is 0 Å². The van der Waals surface area contributed by atoms with Crippen LogP contribution in [0.15, 0.2) is 58.3 Å². The molecule has 3 aromatic rings. The van der Waals surface area contributed by atoms with Crippen molar-refractivity contribution >= 4 is 43.1 Å². The van der Waals surface area contributed by atoms with Crippen LogP contribution < -0.4 is 23.7 Å². The highest BCUT2D eigenvalue weighted by Gasteiger charge is 2.28. The lowest BCUT2D eigenvalue weighted by Gasteiger charge is -2.19. The third-order valence-corrected chi connectivity index (χ3v) is 8.03. The van der Waals surface area contributed by atoms with E-state index in [0.717, 1.165) is 5.57 Å². The number of aromatic nitrogens is 1. The SMILES string of the molecule is CCC(=Cc1oc2ccc(OC)cc2[n+]1CCCS(=O)(=O)[O-])C=C1Oc2ccc(OC)cc2N1CCCS(=O)(=O)[O-]. The van der Waals surface area contributed by atoms with E-state index >= 15 is 0 Å². The first-order valence-electron chi connectivity index (χ1n) is 12.8. The summed E-state index contributed by atoms with van der Waals surface area (Å²) in [6.07, 6.45) is 4.30. The molecule has 4 rings (SSSR count). The van der Waals surface area contributed by atoms with Gasteiger partial charge in [-0.15, -0.1) is 0 Å². The molecule has 2 heterocycles. The summed E-state index contributed by atoms with van der Waals surface area (Å²) in [6, 6.07) is 10.5. The van der Waals surface area contributed by atoms with Crippen molar-refractivity contribution in [2.45, 2.75) is 32.7 Å². The fourth-order valence-corrected chi connectivity index (χ4v) is 5.42. The first kappa shape index (κ1) is 30.4. The van der Waals surface area contributed by atoms with Crippen molar-refractivity contribution in [1.29, 1.82) is 0 Å². The van der Waals surface area contributed by atoms with Crippen molar-refractivity contribution < 1.29 is 49.1 Å². The number of nitrogens with zero attached hydrogens (tertiary/aromatic N) is 2. The number of methoxy groups -OCH3 is 2. The van der Waals surface area contributed by atoms with Crippen molar-refractivity contribution in [3.05, 3.63) is 59.8 Å². The molecule has 14 heteroatoms. The molecule has 0 N–H and O–H groups in total. The summed E-state index contributed by atoms with van der Waals surface area (Å²) in [4.78, 5) is 1.78. The third kappa shape index (κ3) is 7.79. The quantitative estimate of drug-likeness (QED) is 0.207. The number of hydrogen-bond acceptors (Lipinski definition) is 11. The molecular weight excluding hydrogens is 576 g/mol. The number of rotatable bonds is 13. The molecule has 0 saturated carbocycles. The summed E-state index contributed by atoms with van der Waals surface area (Å²) in [5.74, 6) is 1.52. The maximum atomic E-state index is 11.2. The second-order valence-corrected chi connectivity index (χ2v) is 12.3. The zero-order chi connectivity index (χ0) is 29.8. The average Bonchev–Trinajstić information content (AvgIpc) is 3.43. The number of aryl methyl sites for hydroxylation is 1. The first-order valence-corrected chi connectivity index (χ1v) is 16.0. The predicted molar refractivity (Wildman–Crippen MR) is 149 cm³/mol. The molecular formula is C27H31N2O10S2-. The fraction of sp³-hybridized carbons (Fsp3) is 0.370. The molecule has 41 heavy (non-hydrogen) atoms. The van der Waals surface area contributed by atoms with Crippen LogP contribution in [0.25, 0.3) is 17.2 Å². The Morgan fingerprint density at radius 3 is 2.29 bits per heavy atom. The number of allylic oxidation sites excluding steroid dienone is 2. The second kappa shape index (κ2) is 12.5. The number of anilines is 1. The highest BCUT2D eigenvalue weighted by molar-refractivity contribution is 7.85. The number of ether oxygens (including phenoxy) is 3. The molecule has 0 amide bonds. The highest BCUT2D eigenvalue weighted by atomic mass is 32.2. The molecule has 1 aromatic heterocycles. The largest absolute Gasteiger partial charge is 0.748 e. The summed E-state index contributed by atoms with van der Waals surface area (Å²) in [6.45, 7) is 2.35. The minimum absolute atomic E-state index is 0.0857. The lowest BCUT2D eigenvalue weighted by atomic mass is 10.1. The second-order valence-electron chi connectivity index (χ2n) is 9.30. The monoisotopic (exact) mass is 607 g/mol. The Morgan fingerprint density at radius 2 is 1.63 bits per heavy atom. The topological polar surface area (TPSA) is 162 Å². The third-order valence-electron chi connectivity index (χ3n) is 6.45. The van der Waals surface area contributed by atoms with Gasteiger partial charge in [0.25, 0.3) is 5.52 Å². The van der Waals surface area contributed by atoms with Gasteiger partial charge in [0.15, 0.2) is 12.3 Å². The van der Waals surface area contributed by atoms with Crippen LogP contribution in [0.4, 0.5) is 5.69 Å². The molecule has 222 valence electrons. The van der Waals surface area contributed by atoms with Gasteiger partial charge < -0.3 is 32.6 Å². The molecule has 1 aliphatic heterocycles. The lowest BCUT2D eigenvalue weighted by Crippen LogP contribution is -2.36. The van der Waals surface area contributed by atoms with Crippen molar-refractivity contribution in [2.24, 2.45) is 0 Å². The molecule has 0 saturated heterocycles. The van der Waals surface area contributed by atoms with Gasteiger partial charge in [-0.05, 0) is 42.7 Å². The Hall–Kier alpha value is -3.59. The minimum atomic E-state index is -4.39. The van der Waals surface area contributed by atoms with Crippen LogP contribution in [0.1, 0.15) is 32.1 Å². The molecule has 0 unspecified atom stereocenters. The zero-order valence-corrected chi connectivity index (χ0v) is 24.5. The van der Waals surface area contributed by atoms with Gasteiger partial charge in [-0.25, -0.2) is 16.8 Å². The number of fused-ring (bicyclic) bond motifs is 2. The van der Waals surface area contributed by atoms with E-state index in [1.54, 1.807) is 58.0 Å². The van der Waals surface area contributed by atoms with Crippen LogP contribution >= 0.6 is 0 Å². The van der Waals surface area contributed by atoms with E-state index in [4.69, 9.17) is 18.6 Å². The van der Waals surface area contributed by atoms with Crippen LogP contribution in [0, 0.1) is 0 Å². The van der Waals surface area contributed by atoms with E-state index in [1.165, 1.54) is 14.2 Å². The van der Waals surface area contributed by atoms with Crippen LogP contribution in [0.2, 0.25) is 0 Å². The van der Waals surface area contributed by atoms with Crippen LogP contribution in [0.5, 0.6) is 17.2 Å². The Bertz CT molecular complexity index is 1690. The van der Waals surface area contributed by atoms with E-state index in [0.29, 0.717) is 52.2 Å². The zero-order valence-electron chi connectivity index (χ0n) is 22.9. The van der Waals surface area contributed by atoms with Gasteiger partial charge in [0.1, 0.15) is 11.5 Å². The van der Waals surface area contributed by atoms with Crippen molar-refractivity contribution in [2.75, 3.05) is 37.2 Å². The number of hydrogen-bond donors (Lipinski definition) is 0. The molecule has 1 aliphatic rings. The van der Waals surface area contributed by atoms with E-state index < -0.39 is 31.7 Å². The Morgan fingerprint density at radius 1 is 0.976 bits per heavy atom. The van der Waals surface area contributed by atoms with Gasteiger partial charge in [-0.3, -0.25) is 0 Å². The molecule has 0 radical (unpaired) electrons. The lowest BCUT2D eigenvalue weighted by molar-refractivity contribution is -0.677. The minimum Gasteiger partial charge on any atom is -0.748 e. The Kier molecular flexibility index (Phi) is 9.27. The maximum absolute atomic E-state index is 11.2. The summed E-state index contributed by atoms with van der Waals surface area (Å²) in [5.41, 5.74) is 2.65. The van der Waals surface area contributed by atoms with Gasteiger partial charge in [0.05, 0.1) is 52.3 Å².